The molecule has 0 aromatic rings. The van der Waals surface area contributed by atoms with Crippen molar-refractivity contribution in [1.29, 1.82) is 0 Å². The normalized spacial score (nSPS) is 37.4. The topological polar surface area (TPSA) is 46.2 Å². The van der Waals surface area contributed by atoms with E-state index >= 15 is 0 Å². The summed E-state index contributed by atoms with van der Waals surface area (Å²) >= 11 is 0. The zero-order valence-corrected chi connectivity index (χ0v) is 11.1. The quantitative estimate of drug-likeness (QED) is 0.803. The zero-order chi connectivity index (χ0) is 11.8. The molecule has 0 bridgehead atoms. The van der Waals surface area contributed by atoms with Gasteiger partial charge < -0.3 is 5.32 Å². The highest BCUT2D eigenvalue weighted by molar-refractivity contribution is 7.91. The van der Waals surface area contributed by atoms with Gasteiger partial charge in [-0.1, -0.05) is 0 Å². The van der Waals surface area contributed by atoms with E-state index in [1.54, 1.807) is 0 Å². The van der Waals surface area contributed by atoms with Gasteiger partial charge in [-0.3, -0.25) is 0 Å². The number of hydrogen-bond donors (Lipinski definition) is 1. The maximum atomic E-state index is 11.5. The monoisotopic (exact) mass is 245 g/mol. The molecule has 2 saturated heterocycles. The van der Waals surface area contributed by atoms with Gasteiger partial charge >= 0.3 is 0 Å². The summed E-state index contributed by atoms with van der Waals surface area (Å²) in [7, 11) is -2.72. The molecule has 1 N–H and O–H groups in total. The third-order valence-corrected chi connectivity index (χ3v) is 5.78. The van der Waals surface area contributed by atoms with Crippen LogP contribution in [0, 0.1) is 11.8 Å². The van der Waals surface area contributed by atoms with E-state index in [-0.39, 0.29) is 5.54 Å². The summed E-state index contributed by atoms with van der Waals surface area (Å²) in [4.78, 5) is 0. The van der Waals surface area contributed by atoms with E-state index in [2.05, 4.69) is 19.2 Å². The van der Waals surface area contributed by atoms with Crippen molar-refractivity contribution in [3.63, 3.8) is 0 Å². The van der Waals surface area contributed by atoms with Gasteiger partial charge in [0, 0.05) is 5.54 Å². The smallest absolute Gasteiger partial charge is 0.150 e. The molecule has 2 aliphatic heterocycles. The first-order chi connectivity index (χ1) is 7.36. The molecule has 2 rings (SSSR count). The van der Waals surface area contributed by atoms with E-state index in [1.165, 1.54) is 6.42 Å². The lowest BCUT2D eigenvalue weighted by molar-refractivity contribution is 0.364. The Morgan fingerprint density at radius 2 is 2.06 bits per heavy atom. The molecule has 0 aromatic heterocycles. The molecule has 0 amide bonds. The first kappa shape index (κ1) is 12.4. The highest BCUT2D eigenvalue weighted by atomic mass is 32.2. The van der Waals surface area contributed by atoms with Crippen molar-refractivity contribution in [3.05, 3.63) is 0 Å². The predicted molar refractivity (Wildman–Crippen MR) is 66.2 cm³/mol. The van der Waals surface area contributed by atoms with Gasteiger partial charge in [0.05, 0.1) is 11.5 Å². The van der Waals surface area contributed by atoms with Gasteiger partial charge in [0.15, 0.2) is 9.84 Å². The van der Waals surface area contributed by atoms with E-state index in [4.69, 9.17) is 0 Å². The molecule has 2 fully saturated rings. The van der Waals surface area contributed by atoms with Crippen LogP contribution in [0.4, 0.5) is 0 Å². The summed E-state index contributed by atoms with van der Waals surface area (Å²) in [6.45, 7) is 5.51. The molecule has 0 aliphatic carbocycles. The second-order valence-corrected chi connectivity index (χ2v) is 8.42. The van der Waals surface area contributed by atoms with Crippen molar-refractivity contribution in [2.45, 2.75) is 45.1 Å². The van der Waals surface area contributed by atoms with Crippen LogP contribution in [0.3, 0.4) is 0 Å². The lowest BCUT2D eigenvalue weighted by atomic mass is 9.88. The number of hydrogen-bond acceptors (Lipinski definition) is 3. The predicted octanol–water partition coefficient (Wildman–Crippen LogP) is 1.59. The third-order valence-electron chi connectivity index (χ3n) is 3.89. The second kappa shape index (κ2) is 4.30. The van der Waals surface area contributed by atoms with Crippen LogP contribution in [0.15, 0.2) is 0 Å². The van der Waals surface area contributed by atoms with Gasteiger partial charge in [-0.15, -0.1) is 0 Å². The third kappa shape index (κ3) is 3.20. The van der Waals surface area contributed by atoms with Crippen molar-refractivity contribution in [1.82, 2.24) is 5.32 Å². The summed E-state index contributed by atoms with van der Waals surface area (Å²) in [6.07, 6.45) is 4.26. The van der Waals surface area contributed by atoms with Crippen LogP contribution in [-0.4, -0.2) is 32.0 Å². The van der Waals surface area contributed by atoms with E-state index < -0.39 is 9.84 Å². The van der Waals surface area contributed by atoms with Crippen LogP contribution in [0.25, 0.3) is 0 Å². The Morgan fingerprint density at radius 3 is 2.62 bits per heavy atom. The Labute approximate surface area is 98.9 Å². The Balaban J connectivity index is 1.86. The Bertz CT molecular complexity index is 348. The molecule has 16 heavy (non-hydrogen) atoms. The fourth-order valence-corrected chi connectivity index (χ4v) is 5.02. The molecular weight excluding hydrogens is 222 g/mol. The lowest BCUT2D eigenvalue weighted by Gasteiger charge is -2.24. The van der Waals surface area contributed by atoms with Gasteiger partial charge in [-0.05, 0) is 57.9 Å². The molecule has 94 valence electrons. The van der Waals surface area contributed by atoms with Crippen molar-refractivity contribution < 1.29 is 8.42 Å². The summed E-state index contributed by atoms with van der Waals surface area (Å²) in [5, 5.41) is 3.51. The number of nitrogens with one attached hydrogen (secondary N) is 1. The minimum Gasteiger partial charge on any atom is -0.312 e. The van der Waals surface area contributed by atoms with Crippen LogP contribution >= 0.6 is 0 Å². The fourth-order valence-electron chi connectivity index (χ4n) is 3.23. The van der Waals surface area contributed by atoms with Crippen LogP contribution in [0.2, 0.25) is 0 Å². The van der Waals surface area contributed by atoms with E-state index in [0.717, 1.165) is 25.8 Å². The number of rotatable bonds is 2. The number of sulfone groups is 1. The average molecular weight is 245 g/mol. The molecule has 0 spiro atoms. The van der Waals surface area contributed by atoms with Crippen molar-refractivity contribution in [3.8, 4) is 0 Å². The molecule has 0 aromatic carbocycles. The fraction of sp³-hybridized carbons (Fsp3) is 1.00. The van der Waals surface area contributed by atoms with Gasteiger partial charge in [-0.2, -0.15) is 0 Å². The van der Waals surface area contributed by atoms with Crippen molar-refractivity contribution in [2.75, 3.05) is 18.1 Å². The Hall–Kier alpha value is -0.0900. The average Bonchev–Trinajstić information content (AvgIpc) is 2.43. The standard InChI is InChI=1S/C12H23NO2S/c1-12(2)7-11(8-13-12)6-10-4-3-5-16(14,15)9-10/h10-11,13H,3-9H2,1-2H3. The van der Waals surface area contributed by atoms with Crippen LogP contribution in [0.5, 0.6) is 0 Å². The van der Waals surface area contributed by atoms with Gasteiger partial charge in [0.2, 0.25) is 0 Å². The molecule has 0 radical (unpaired) electrons. The highest BCUT2D eigenvalue weighted by Gasteiger charge is 2.33. The summed E-state index contributed by atoms with van der Waals surface area (Å²) in [6, 6.07) is 0. The lowest BCUT2D eigenvalue weighted by Crippen LogP contribution is -2.31. The largest absolute Gasteiger partial charge is 0.312 e. The minimum absolute atomic E-state index is 0.248. The highest BCUT2D eigenvalue weighted by Crippen LogP contribution is 2.31. The van der Waals surface area contributed by atoms with Crippen molar-refractivity contribution >= 4 is 9.84 Å². The first-order valence-corrected chi connectivity index (χ1v) is 8.14. The maximum Gasteiger partial charge on any atom is 0.150 e. The molecule has 3 nitrogen and oxygen atoms in total. The maximum absolute atomic E-state index is 11.5. The van der Waals surface area contributed by atoms with Gasteiger partial charge in [0.25, 0.3) is 0 Å². The molecule has 0 saturated carbocycles. The zero-order valence-electron chi connectivity index (χ0n) is 10.3. The Kier molecular flexibility index (Phi) is 3.32. The molecule has 2 aliphatic rings. The van der Waals surface area contributed by atoms with Crippen LogP contribution in [-0.2, 0) is 9.84 Å². The molecular formula is C12H23NO2S. The van der Waals surface area contributed by atoms with E-state index in [0.29, 0.717) is 23.3 Å². The summed E-state index contributed by atoms with van der Waals surface area (Å²) in [5.74, 6) is 1.94. The van der Waals surface area contributed by atoms with Gasteiger partial charge in [-0.25, -0.2) is 8.42 Å². The SMILES string of the molecule is CC1(C)CC(CC2CCCS(=O)(=O)C2)CN1. The van der Waals surface area contributed by atoms with E-state index in [1.807, 2.05) is 0 Å². The Morgan fingerprint density at radius 1 is 1.31 bits per heavy atom. The van der Waals surface area contributed by atoms with Crippen LogP contribution < -0.4 is 5.32 Å². The first-order valence-electron chi connectivity index (χ1n) is 6.32. The molecule has 4 heteroatoms. The van der Waals surface area contributed by atoms with Crippen LogP contribution in [0.1, 0.15) is 39.5 Å². The molecule has 2 atom stereocenters. The second-order valence-electron chi connectivity index (χ2n) is 6.19. The van der Waals surface area contributed by atoms with E-state index in [9.17, 15) is 8.42 Å². The van der Waals surface area contributed by atoms with Gasteiger partial charge in [0.1, 0.15) is 0 Å². The minimum atomic E-state index is -2.72. The molecule has 2 unspecified atom stereocenters. The molecule has 2 heterocycles. The van der Waals surface area contributed by atoms with Crippen molar-refractivity contribution in [2.24, 2.45) is 11.8 Å². The summed E-state index contributed by atoms with van der Waals surface area (Å²) in [5.41, 5.74) is 0.248. The summed E-state index contributed by atoms with van der Waals surface area (Å²) < 4.78 is 23.1.